The highest BCUT2D eigenvalue weighted by atomic mass is 32.1. The van der Waals surface area contributed by atoms with Crippen LogP contribution in [0.1, 0.15) is 33.0 Å². The predicted molar refractivity (Wildman–Crippen MR) is 96.1 cm³/mol. The molecule has 0 fully saturated rings. The van der Waals surface area contributed by atoms with Crippen molar-refractivity contribution in [1.82, 2.24) is 0 Å². The molecule has 0 radical (unpaired) electrons. The number of hydrogen-bond donors (Lipinski definition) is 0. The Morgan fingerprint density at radius 3 is 2.68 bits per heavy atom. The van der Waals surface area contributed by atoms with Crippen LogP contribution in [0.5, 0.6) is 0 Å². The standard InChI is InChI=1S/C19H19NO4S/c1-13-6-8-17(25-13)16(21)7-9-19(23)24-12-18(22)20-11-10-14-4-2-3-5-15(14)20/h2-6,8H,7,9-12H2,1H3. The summed E-state index contributed by atoms with van der Waals surface area (Å²) in [6.45, 7) is 2.24. The highest BCUT2D eigenvalue weighted by Crippen LogP contribution is 2.27. The Morgan fingerprint density at radius 1 is 1.12 bits per heavy atom. The summed E-state index contributed by atoms with van der Waals surface area (Å²) in [5.74, 6) is -0.837. The second kappa shape index (κ2) is 7.61. The number of carbonyl (C=O) groups excluding carboxylic acids is 3. The molecule has 2 aromatic rings. The van der Waals surface area contributed by atoms with Crippen molar-refractivity contribution in [2.45, 2.75) is 26.2 Å². The molecule has 25 heavy (non-hydrogen) atoms. The molecule has 0 saturated carbocycles. The van der Waals surface area contributed by atoms with Gasteiger partial charge in [-0.25, -0.2) is 0 Å². The normalized spacial score (nSPS) is 12.8. The molecule has 1 aliphatic rings. The van der Waals surface area contributed by atoms with Crippen molar-refractivity contribution >= 4 is 34.7 Å². The first-order valence-corrected chi connectivity index (χ1v) is 9.00. The molecule has 0 bridgehead atoms. The number of ketones is 1. The Morgan fingerprint density at radius 2 is 1.92 bits per heavy atom. The molecule has 0 atom stereocenters. The predicted octanol–water partition coefficient (Wildman–Crippen LogP) is 3.15. The third kappa shape index (κ3) is 4.14. The van der Waals surface area contributed by atoms with Crippen molar-refractivity contribution in [2.24, 2.45) is 0 Å². The van der Waals surface area contributed by atoms with Gasteiger partial charge in [-0.15, -0.1) is 11.3 Å². The number of nitrogens with zero attached hydrogens (tertiary/aromatic N) is 1. The van der Waals surface area contributed by atoms with E-state index in [1.54, 1.807) is 11.0 Å². The summed E-state index contributed by atoms with van der Waals surface area (Å²) in [6.07, 6.45) is 0.893. The maximum Gasteiger partial charge on any atom is 0.306 e. The van der Waals surface area contributed by atoms with E-state index in [0.717, 1.165) is 22.5 Å². The van der Waals surface area contributed by atoms with Crippen LogP contribution in [0.3, 0.4) is 0 Å². The number of amides is 1. The van der Waals surface area contributed by atoms with Gasteiger partial charge in [0.05, 0.1) is 11.3 Å². The number of rotatable bonds is 6. The minimum Gasteiger partial charge on any atom is -0.456 e. The molecule has 2 heterocycles. The number of aryl methyl sites for hydroxylation is 1. The maximum atomic E-state index is 12.3. The van der Waals surface area contributed by atoms with Crippen molar-refractivity contribution < 1.29 is 19.1 Å². The smallest absolute Gasteiger partial charge is 0.306 e. The molecule has 0 unspecified atom stereocenters. The van der Waals surface area contributed by atoms with Crippen LogP contribution < -0.4 is 4.90 Å². The molecule has 1 aromatic heterocycles. The van der Waals surface area contributed by atoms with E-state index in [1.165, 1.54) is 11.3 Å². The topological polar surface area (TPSA) is 63.7 Å². The second-order valence-electron chi connectivity index (χ2n) is 5.92. The molecule has 6 heteroatoms. The van der Waals surface area contributed by atoms with Crippen LogP contribution in [0, 0.1) is 6.92 Å². The molecule has 1 amide bonds. The lowest BCUT2D eigenvalue weighted by Crippen LogP contribution is -2.33. The van der Waals surface area contributed by atoms with Gasteiger partial charge in [-0.2, -0.15) is 0 Å². The van der Waals surface area contributed by atoms with Crippen molar-refractivity contribution in [3.05, 3.63) is 51.7 Å². The molecule has 5 nitrogen and oxygen atoms in total. The summed E-state index contributed by atoms with van der Waals surface area (Å²) < 4.78 is 5.04. The van der Waals surface area contributed by atoms with Crippen LogP contribution in [-0.2, 0) is 20.7 Å². The zero-order valence-electron chi connectivity index (χ0n) is 14.0. The number of esters is 1. The molecular formula is C19H19NO4S. The average molecular weight is 357 g/mol. The fourth-order valence-corrected chi connectivity index (χ4v) is 3.65. The van der Waals surface area contributed by atoms with E-state index in [4.69, 9.17) is 4.74 Å². The number of benzene rings is 1. The number of hydrogen-bond acceptors (Lipinski definition) is 5. The number of carbonyl (C=O) groups is 3. The Bertz CT molecular complexity index is 811. The van der Waals surface area contributed by atoms with E-state index in [0.29, 0.717) is 11.4 Å². The third-order valence-corrected chi connectivity index (χ3v) is 5.16. The zero-order valence-corrected chi connectivity index (χ0v) is 14.8. The van der Waals surface area contributed by atoms with Crippen LogP contribution in [0.2, 0.25) is 0 Å². The number of ether oxygens (including phenoxy) is 1. The largest absolute Gasteiger partial charge is 0.456 e. The van der Waals surface area contributed by atoms with Gasteiger partial charge < -0.3 is 9.64 Å². The van der Waals surface area contributed by atoms with Gasteiger partial charge in [0, 0.05) is 23.5 Å². The number of para-hydroxylation sites is 1. The van der Waals surface area contributed by atoms with E-state index in [1.807, 2.05) is 37.3 Å². The minimum absolute atomic E-state index is 0.0142. The van der Waals surface area contributed by atoms with Gasteiger partial charge in [0.15, 0.2) is 12.4 Å². The van der Waals surface area contributed by atoms with Crippen LogP contribution in [0.4, 0.5) is 5.69 Å². The molecule has 1 aromatic carbocycles. The zero-order chi connectivity index (χ0) is 17.8. The number of anilines is 1. The second-order valence-corrected chi connectivity index (χ2v) is 7.21. The van der Waals surface area contributed by atoms with E-state index >= 15 is 0 Å². The summed E-state index contributed by atoms with van der Waals surface area (Å²) in [5.41, 5.74) is 2.01. The monoisotopic (exact) mass is 357 g/mol. The molecule has 3 rings (SSSR count). The maximum absolute atomic E-state index is 12.3. The van der Waals surface area contributed by atoms with Crippen molar-refractivity contribution in [3.63, 3.8) is 0 Å². The van der Waals surface area contributed by atoms with Gasteiger partial charge in [0.1, 0.15) is 0 Å². The number of fused-ring (bicyclic) bond motifs is 1. The third-order valence-electron chi connectivity index (χ3n) is 4.12. The van der Waals surface area contributed by atoms with Gasteiger partial charge in [0.25, 0.3) is 5.91 Å². The van der Waals surface area contributed by atoms with Gasteiger partial charge in [-0.05, 0) is 37.1 Å². The fourth-order valence-electron chi connectivity index (χ4n) is 2.81. The van der Waals surface area contributed by atoms with Crippen molar-refractivity contribution in [2.75, 3.05) is 18.1 Å². The van der Waals surface area contributed by atoms with Crippen LogP contribution in [0.25, 0.3) is 0 Å². The Labute approximate surface area is 150 Å². The number of thiophene rings is 1. The number of Topliss-reactive ketones (excluding diaryl/α,β-unsaturated/α-hetero) is 1. The lowest BCUT2D eigenvalue weighted by atomic mass is 10.2. The van der Waals surface area contributed by atoms with Gasteiger partial charge >= 0.3 is 5.97 Å². The summed E-state index contributed by atoms with van der Waals surface area (Å²) in [4.78, 5) is 39.4. The molecular weight excluding hydrogens is 338 g/mol. The summed E-state index contributed by atoms with van der Waals surface area (Å²) >= 11 is 1.41. The molecule has 130 valence electrons. The van der Waals surface area contributed by atoms with Crippen LogP contribution in [-0.4, -0.2) is 30.8 Å². The Balaban J connectivity index is 1.45. The van der Waals surface area contributed by atoms with Gasteiger partial charge in [-0.3, -0.25) is 14.4 Å². The highest BCUT2D eigenvalue weighted by molar-refractivity contribution is 7.14. The average Bonchev–Trinajstić information content (AvgIpc) is 3.23. The molecule has 0 saturated heterocycles. The molecule has 1 aliphatic heterocycles. The Hall–Kier alpha value is -2.47. The van der Waals surface area contributed by atoms with Crippen molar-refractivity contribution in [3.8, 4) is 0 Å². The fraction of sp³-hybridized carbons (Fsp3) is 0.316. The lowest BCUT2D eigenvalue weighted by Gasteiger charge is -2.17. The van der Waals surface area contributed by atoms with E-state index in [2.05, 4.69) is 0 Å². The SMILES string of the molecule is Cc1ccc(C(=O)CCC(=O)OCC(=O)N2CCc3ccccc32)s1. The van der Waals surface area contributed by atoms with Gasteiger partial charge in [-0.1, -0.05) is 18.2 Å². The van der Waals surface area contributed by atoms with Crippen molar-refractivity contribution in [1.29, 1.82) is 0 Å². The first-order chi connectivity index (χ1) is 12.0. The van der Waals surface area contributed by atoms with E-state index in [-0.39, 0.29) is 31.1 Å². The molecule has 0 spiro atoms. The first kappa shape index (κ1) is 17.4. The molecule has 0 N–H and O–H groups in total. The first-order valence-electron chi connectivity index (χ1n) is 8.18. The summed E-state index contributed by atoms with van der Waals surface area (Å²) in [6, 6.07) is 11.4. The summed E-state index contributed by atoms with van der Waals surface area (Å²) in [7, 11) is 0. The summed E-state index contributed by atoms with van der Waals surface area (Å²) in [5, 5.41) is 0. The van der Waals surface area contributed by atoms with Crippen LogP contribution in [0.15, 0.2) is 36.4 Å². The van der Waals surface area contributed by atoms with Gasteiger partial charge in [0.2, 0.25) is 0 Å². The lowest BCUT2D eigenvalue weighted by molar-refractivity contribution is -0.147. The minimum atomic E-state index is -0.525. The molecule has 0 aliphatic carbocycles. The Kier molecular flexibility index (Phi) is 5.28. The van der Waals surface area contributed by atoms with E-state index < -0.39 is 5.97 Å². The van der Waals surface area contributed by atoms with Crippen LogP contribution >= 0.6 is 11.3 Å². The quantitative estimate of drug-likeness (QED) is 0.588. The highest BCUT2D eigenvalue weighted by Gasteiger charge is 2.24. The van der Waals surface area contributed by atoms with E-state index in [9.17, 15) is 14.4 Å².